The van der Waals surface area contributed by atoms with Crippen LogP contribution in [0.1, 0.15) is 38.3 Å². The Bertz CT molecular complexity index is 308. The topological polar surface area (TPSA) is 12.0 Å². The minimum atomic E-state index is 0.455. The zero-order valence-corrected chi connectivity index (χ0v) is 13.3. The highest BCUT2D eigenvalue weighted by Gasteiger charge is 2.22. The predicted octanol–water partition coefficient (Wildman–Crippen LogP) is 4.97. The van der Waals surface area contributed by atoms with Crippen molar-refractivity contribution >= 4 is 43.2 Å². The molecule has 4 heteroatoms. The van der Waals surface area contributed by atoms with Crippen molar-refractivity contribution in [3.8, 4) is 0 Å². The summed E-state index contributed by atoms with van der Waals surface area (Å²) in [5.74, 6) is 0.702. The average Bonchev–Trinajstić information content (AvgIpc) is 2.54. The minimum Gasteiger partial charge on any atom is -0.313 e. The van der Waals surface area contributed by atoms with Crippen molar-refractivity contribution in [3.05, 3.63) is 19.2 Å². The minimum absolute atomic E-state index is 0.455. The molecule has 0 amide bonds. The van der Waals surface area contributed by atoms with Crippen LogP contribution >= 0.6 is 43.2 Å². The second-order valence-corrected chi connectivity index (χ2v) is 7.37. The van der Waals surface area contributed by atoms with Gasteiger partial charge in [0.1, 0.15) is 0 Å². The highest BCUT2D eigenvalue weighted by molar-refractivity contribution is 9.12. The first-order chi connectivity index (χ1) is 7.13. The van der Waals surface area contributed by atoms with Crippen LogP contribution in [-0.2, 0) is 0 Å². The third-order valence-corrected chi connectivity index (χ3v) is 5.24. The summed E-state index contributed by atoms with van der Waals surface area (Å²) in [7, 11) is 2.04. The molecular weight excluding hydrogens is 338 g/mol. The molecule has 0 aliphatic carbocycles. The molecule has 0 aliphatic rings. The van der Waals surface area contributed by atoms with E-state index in [4.69, 9.17) is 0 Å². The van der Waals surface area contributed by atoms with E-state index in [1.54, 1.807) is 11.3 Å². The molecule has 0 radical (unpaired) electrons. The van der Waals surface area contributed by atoms with Crippen molar-refractivity contribution in [1.82, 2.24) is 5.32 Å². The van der Waals surface area contributed by atoms with Gasteiger partial charge in [-0.05, 0) is 56.5 Å². The highest BCUT2D eigenvalue weighted by atomic mass is 79.9. The molecule has 0 saturated carbocycles. The van der Waals surface area contributed by atoms with Gasteiger partial charge in [0.25, 0.3) is 0 Å². The third kappa shape index (κ3) is 3.29. The Labute approximate surface area is 113 Å². The van der Waals surface area contributed by atoms with Crippen LogP contribution in [0.5, 0.6) is 0 Å². The molecule has 86 valence electrons. The van der Waals surface area contributed by atoms with Crippen LogP contribution in [-0.4, -0.2) is 7.05 Å². The Morgan fingerprint density at radius 1 is 1.33 bits per heavy atom. The van der Waals surface area contributed by atoms with Gasteiger partial charge in [-0.3, -0.25) is 0 Å². The molecule has 0 saturated heterocycles. The van der Waals surface area contributed by atoms with Gasteiger partial charge in [-0.2, -0.15) is 0 Å². The summed E-state index contributed by atoms with van der Waals surface area (Å²) in [5.41, 5.74) is 1.38. The Morgan fingerprint density at radius 3 is 2.27 bits per heavy atom. The fraction of sp³-hybridized carbons (Fsp3) is 0.636. The molecule has 1 nitrogen and oxygen atoms in total. The quantitative estimate of drug-likeness (QED) is 0.787. The van der Waals surface area contributed by atoms with Crippen molar-refractivity contribution in [2.45, 2.75) is 32.7 Å². The summed E-state index contributed by atoms with van der Waals surface area (Å²) in [4.78, 5) is 0. The van der Waals surface area contributed by atoms with Crippen LogP contribution in [0.2, 0.25) is 0 Å². The van der Waals surface area contributed by atoms with E-state index in [1.165, 1.54) is 26.0 Å². The third-order valence-electron chi connectivity index (χ3n) is 2.85. The maximum Gasteiger partial charge on any atom is 0.0758 e. The Morgan fingerprint density at radius 2 is 1.93 bits per heavy atom. The van der Waals surface area contributed by atoms with Crippen molar-refractivity contribution in [1.29, 1.82) is 0 Å². The zero-order valence-electron chi connectivity index (χ0n) is 9.31. The fourth-order valence-electron chi connectivity index (χ4n) is 1.97. The molecule has 1 atom stereocenters. The van der Waals surface area contributed by atoms with E-state index in [9.17, 15) is 0 Å². The van der Waals surface area contributed by atoms with Crippen LogP contribution < -0.4 is 5.32 Å². The molecule has 0 fully saturated rings. The molecule has 1 N–H and O–H groups in total. The number of hydrogen-bond donors (Lipinski definition) is 1. The molecule has 1 rings (SSSR count). The van der Waals surface area contributed by atoms with Crippen LogP contribution in [0, 0.1) is 5.92 Å². The first-order valence-electron chi connectivity index (χ1n) is 5.25. The Kier molecular flexibility index (Phi) is 5.82. The number of nitrogens with one attached hydrogen (secondary N) is 1. The van der Waals surface area contributed by atoms with Gasteiger partial charge in [0.05, 0.1) is 7.57 Å². The number of hydrogen-bond acceptors (Lipinski definition) is 2. The summed E-state index contributed by atoms with van der Waals surface area (Å²) in [6.07, 6.45) is 2.42. The summed E-state index contributed by atoms with van der Waals surface area (Å²) in [6, 6.07) is 2.67. The summed E-state index contributed by atoms with van der Waals surface area (Å²) in [5, 5.41) is 3.43. The Hall–Kier alpha value is 0.620. The first-order valence-corrected chi connectivity index (χ1v) is 7.66. The van der Waals surface area contributed by atoms with Gasteiger partial charge in [0.15, 0.2) is 0 Å². The van der Waals surface area contributed by atoms with Gasteiger partial charge in [0, 0.05) is 6.04 Å². The van der Waals surface area contributed by atoms with Crippen LogP contribution in [0.3, 0.4) is 0 Å². The van der Waals surface area contributed by atoms with Gasteiger partial charge >= 0.3 is 0 Å². The zero-order chi connectivity index (χ0) is 11.4. The molecule has 1 unspecified atom stereocenters. The van der Waals surface area contributed by atoms with Gasteiger partial charge in [-0.1, -0.05) is 26.7 Å². The van der Waals surface area contributed by atoms with E-state index in [0.717, 1.165) is 0 Å². The largest absolute Gasteiger partial charge is 0.313 e. The number of rotatable bonds is 5. The smallest absolute Gasteiger partial charge is 0.0758 e. The lowest BCUT2D eigenvalue weighted by Gasteiger charge is -2.24. The highest BCUT2D eigenvalue weighted by Crippen LogP contribution is 2.39. The van der Waals surface area contributed by atoms with Crippen molar-refractivity contribution in [3.63, 3.8) is 0 Å². The normalized spacial score (nSPS) is 13.5. The second-order valence-electron chi connectivity index (χ2n) is 3.62. The number of halogens is 2. The summed E-state index contributed by atoms with van der Waals surface area (Å²) >= 11 is 8.91. The fourth-order valence-corrected chi connectivity index (χ4v) is 4.90. The van der Waals surface area contributed by atoms with Gasteiger partial charge in [0.2, 0.25) is 0 Å². The van der Waals surface area contributed by atoms with Gasteiger partial charge in [-0.15, -0.1) is 11.3 Å². The number of thiophene rings is 1. The molecule has 0 aromatic carbocycles. The SMILES string of the molecule is CCC(CC)C(NC)c1cc(Br)sc1Br. The summed E-state index contributed by atoms with van der Waals surface area (Å²) < 4.78 is 2.43. The Balaban J connectivity index is 2.95. The predicted molar refractivity (Wildman–Crippen MR) is 75.6 cm³/mol. The van der Waals surface area contributed by atoms with E-state index in [-0.39, 0.29) is 0 Å². The lowest BCUT2D eigenvalue weighted by Crippen LogP contribution is -2.24. The van der Waals surface area contributed by atoms with E-state index in [2.05, 4.69) is 57.1 Å². The van der Waals surface area contributed by atoms with Crippen molar-refractivity contribution in [2.75, 3.05) is 7.05 Å². The monoisotopic (exact) mass is 353 g/mol. The molecule has 0 bridgehead atoms. The molecule has 1 aromatic rings. The standard InChI is InChI=1S/C11H17Br2NS/c1-4-7(5-2)10(14-3)8-6-9(12)15-11(8)13/h6-7,10,14H,4-5H2,1-3H3. The average molecular weight is 355 g/mol. The lowest BCUT2D eigenvalue weighted by atomic mass is 9.90. The maximum absolute atomic E-state index is 3.63. The lowest BCUT2D eigenvalue weighted by molar-refractivity contribution is 0.359. The van der Waals surface area contributed by atoms with E-state index < -0.39 is 0 Å². The molecule has 0 aliphatic heterocycles. The van der Waals surface area contributed by atoms with Crippen LogP contribution in [0.15, 0.2) is 13.6 Å². The van der Waals surface area contributed by atoms with Gasteiger partial charge < -0.3 is 5.32 Å². The molecule has 1 aromatic heterocycles. The van der Waals surface area contributed by atoms with E-state index in [1.807, 2.05) is 7.05 Å². The molecule has 15 heavy (non-hydrogen) atoms. The molecule has 1 heterocycles. The maximum atomic E-state index is 3.63. The van der Waals surface area contributed by atoms with Crippen LogP contribution in [0.4, 0.5) is 0 Å². The summed E-state index contributed by atoms with van der Waals surface area (Å²) in [6.45, 7) is 4.52. The molecular formula is C11H17Br2NS. The molecule has 0 spiro atoms. The van der Waals surface area contributed by atoms with E-state index >= 15 is 0 Å². The second kappa shape index (κ2) is 6.38. The first kappa shape index (κ1) is 13.7. The van der Waals surface area contributed by atoms with Crippen molar-refractivity contribution < 1.29 is 0 Å². The van der Waals surface area contributed by atoms with Gasteiger partial charge in [-0.25, -0.2) is 0 Å². The van der Waals surface area contributed by atoms with Crippen molar-refractivity contribution in [2.24, 2.45) is 5.92 Å². The van der Waals surface area contributed by atoms with Crippen LogP contribution in [0.25, 0.3) is 0 Å². The van der Waals surface area contributed by atoms with E-state index in [0.29, 0.717) is 12.0 Å².